The number of amides is 1. The number of halogens is 3. The molecule has 2 aromatic carbocycles. The molecule has 0 aliphatic carbocycles. The Labute approximate surface area is 212 Å². The third-order valence-corrected chi connectivity index (χ3v) is 7.55. The lowest BCUT2D eigenvalue weighted by atomic mass is 9.96. The van der Waals surface area contributed by atoms with E-state index in [0.717, 1.165) is 31.4 Å². The lowest BCUT2D eigenvalue weighted by Gasteiger charge is -2.39. The van der Waals surface area contributed by atoms with Crippen molar-refractivity contribution in [2.45, 2.75) is 43.8 Å². The lowest BCUT2D eigenvalue weighted by Crippen LogP contribution is -2.49. The summed E-state index contributed by atoms with van der Waals surface area (Å²) in [5.74, 6) is 0.403. The standard InChI is InChI=1S/C25H24Cl2FN5O2/c1-3-22(34)33-14-4-5-15(33)9-13(8-14)31-20-10-16-19(11-21(20)35-2)29-12-30-25(16)32-18-7-6-17(26)23(27)24(18)28/h3,6-7,10-15,31H,1,4-5,8-9H2,2H3,(H,29,30,32)/t13-,14-,15?/m1/s1. The topological polar surface area (TPSA) is 79.4 Å². The van der Waals surface area contributed by atoms with E-state index >= 15 is 0 Å². The molecule has 3 atom stereocenters. The molecule has 5 rings (SSSR count). The molecule has 1 aromatic heterocycles. The van der Waals surface area contributed by atoms with Gasteiger partial charge in [-0.25, -0.2) is 14.4 Å². The first-order valence-corrected chi connectivity index (χ1v) is 12.1. The van der Waals surface area contributed by atoms with Crippen molar-refractivity contribution >= 4 is 57.2 Å². The Bertz CT molecular complexity index is 1310. The second-order valence-electron chi connectivity index (χ2n) is 8.79. The highest BCUT2D eigenvalue weighted by Crippen LogP contribution is 2.40. The van der Waals surface area contributed by atoms with E-state index < -0.39 is 5.82 Å². The maximum Gasteiger partial charge on any atom is 0.246 e. The summed E-state index contributed by atoms with van der Waals surface area (Å²) in [5, 5.41) is 7.27. The number of nitrogens with one attached hydrogen (secondary N) is 2. The molecule has 0 saturated carbocycles. The van der Waals surface area contributed by atoms with Gasteiger partial charge in [0.2, 0.25) is 5.91 Å². The molecule has 0 radical (unpaired) electrons. The molecule has 2 aliphatic rings. The molecule has 2 saturated heterocycles. The highest BCUT2D eigenvalue weighted by Gasteiger charge is 2.42. The largest absolute Gasteiger partial charge is 0.495 e. The van der Waals surface area contributed by atoms with Gasteiger partial charge in [-0.2, -0.15) is 0 Å². The molecule has 3 aromatic rings. The fourth-order valence-corrected chi connectivity index (χ4v) is 5.51. The van der Waals surface area contributed by atoms with Crippen LogP contribution in [0, 0.1) is 5.82 Å². The predicted molar refractivity (Wildman–Crippen MR) is 136 cm³/mol. The molecule has 3 heterocycles. The van der Waals surface area contributed by atoms with Gasteiger partial charge in [-0.05, 0) is 50.0 Å². The number of benzene rings is 2. The number of nitrogens with zero attached hydrogens (tertiary/aromatic N) is 3. The maximum absolute atomic E-state index is 14.7. The number of hydrogen-bond acceptors (Lipinski definition) is 6. The zero-order valence-electron chi connectivity index (χ0n) is 19.0. The minimum atomic E-state index is -0.658. The highest BCUT2D eigenvalue weighted by molar-refractivity contribution is 6.42. The number of aromatic nitrogens is 2. The Balaban J connectivity index is 1.45. The monoisotopic (exact) mass is 515 g/mol. The molecular formula is C25H24Cl2FN5O2. The number of methoxy groups -OCH3 is 1. The van der Waals surface area contributed by atoms with E-state index in [1.165, 1.54) is 24.5 Å². The molecular weight excluding hydrogens is 492 g/mol. The zero-order valence-corrected chi connectivity index (χ0v) is 20.5. The fourth-order valence-electron chi connectivity index (χ4n) is 5.20. The van der Waals surface area contributed by atoms with Gasteiger partial charge in [0.05, 0.1) is 34.0 Å². The summed E-state index contributed by atoms with van der Waals surface area (Å²) in [7, 11) is 1.60. The van der Waals surface area contributed by atoms with E-state index in [0.29, 0.717) is 22.5 Å². The number of carbonyl (C=O) groups is 1. The lowest BCUT2D eigenvalue weighted by molar-refractivity contribution is -0.130. The first kappa shape index (κ1) is 23.6. The van der Waals surface area contributed by atoms with E-state index in [-0.39, 0.29) is 39.8 Å². The number of carbonyl (C=O) groups excluding carboxylic acids is 1. The number of ether oxygens (including phenoxy) is 1. The van der Waals surface area contributed by atoms with Gasteiger partial charge in [0.1, 0.15) is 17.9 Å². The summed E-state index contributed by atoms with van der Waals surface area (Å²) in [6.45, 7) is 3.65. The summed E-state index contributed by atoms with van der Waals surface area (Å²) in [6, 6.07) is 7.31. The van der Waals surface area contributed by atoms with Gasteiger partial charge in [-0.15, -0.1) is 0 Å². The molecule has 0 spiro atoms. The summed E-state index contributed by atoms with van der Waals surface area (Å²) in [4.78, 5) is 22.9. The predicted octanol–water partition coefficient (Wildman–Crippen LogP) is 5.95. The van der Waals surface area contributed by atoms with E-state index in [9.17, 15) is 9.18 Å². The van der Waals surface area contributed by atoms with Crippen molar-refractivity contribution in [3.63, 3.8) is 0 Å². The molecule has 1 unspecified atom stereocenters. The minimum Gasteiger partial charge on any atom is -0.495 e. The zero-order chi connectivity index (χ0) is 24.7. The highest BCUT2D eigenvalue weighted by atomic mass is 35.5. The summed E-state index contributed by atoms with van der Waals surface area (Å²) >= 11 is 11.9. The maximum atomic E-state index is 14.7. The van der Waals surface area contributed by atoms with Crippen molar-refractivity contribution in [3.8, 4) is 5.75 Å². The van der Waals surface area contributed by atoms with Crippen LogP contribution in [0.5, 0.6) is 5.75 Å². The number of hydrogen-bond donors (Lipinski definition) is 2. The number of rotatable bonds is 6. The molecule has 182 valence electrons. The van der Waals surface area contributed by atoms with Crippen molar-refractivity contribution in [1.29, 1.82) is 0 Å². The molecule has 35 heavy (non-hydrogen) atoms. The van der Waals surface area contributed by atoms with Crippen LogP contribution in [0.3, 0.4) is 0 Å². The Morgan fingerprint density at radius 1 is 1.20 bits per heavy atom. The van der Waals surface area contributed by atoms with Crippen molar-refractivity contribution in [2.24, 2.45) is 0 Å². The Hall–Kier alpha value is -3.10. The van der Waals surface area contributed by atoms with E-state index in [4.69, 9.17) is 27.9 Å². The summed E-state index contributed by atoms with van der Waals surface area (Å²) in [6.07, 6.45) is 6.46. The fraction of sp³-hybridized carbons (Fsp3) is 0.320. The van der Waals surface area contributed by atoms with Crippen LogP contribution in [0.4, 0.5) is 21.6 Å². The normalized spacial score (nSPS) is 21.1. The smallest absolute Gasteiger partial charge is 0.246 e. The van der Waals surface area contributed by atoms with Crippen molar-refractivity contribution < 1.29 is 13.9 Å². The average Bonchev–Trinajstić information content (AvgIpc) is 3.13. The van der Waals surface area contributed by atoms with Gasteiger partial charge in [0.15, 0.2) is 5.82 Å². The second kappa shape index (κ2) is 9.51. The van der Waals surface area contributed by atoms with Crippen LogP contribution < -0.4 is 15.4 Å². The average molecular weight is 516 g/mol. The first-order chi connectivity index (χ1) is 16.9. The van der Waals surface area contributed by atoms with Crippen LogP contribution >= 0.6 is 23.2 Å². The first-order valence-electron chi connectivity index (χ1n) is 11.3. The van der Waals surface area contributed by atoms with Gasteiger partial charge < -0.3 is 20.3 Å². The number of anilines is 3. The van der Waals surface area contributed by atoms with Gasteiger partial charge in [0, 0.05) is 29.6 Å². The Morgan fingerprint density at radius 3 is 2.63 bits per heavy atom. The third kappa shape index (κ3) is 4.36. The number of fused-ring (bicyclic) bond motifs is 3. The van der Waals surface area contributed by atoms with Gasteiger partial charge >= 0.3 is 0 Å². The molecule has 10 heteroatoms. The Kier molecular flexibility index (Phi) is 6.42. The van der Waals surface area contributed by atoms with Gasteiger partial charge in [0.25, 0.3) is 0 Å². The Morgan fingerprint density at radius 2 is 1.94 bits per heavy atom. The molecule has 1 amide bonds. The van der Waals surface area contributed by atoms with Gasteiger partial charge in [-0.1, -0.05) is 29.8 Å². The van der Waals surface area contributed by atoms with E-state index in [2.05, 4.69) is 27.2 Å². The number of piperidine rings is 1. The molecule has 2 aliphatic heterocycles. The summed E-state index contributed by atoms with van der Waals surface area (Å²) < 4.78 is 20.3. The van der Waals surface area contributed by atoms with E-state index in [1.807, 2.05) is 17.0 Å². The molecule has 2 N–H and O–H groups in total. The van der Waals surface area contributed by atoms with Crippen LogP contribution in [0.25, 0.3) is 10.9 Å². The van der Waals surface area contributed by atoms with Crippen molar-refractivity contribution in [3.05, 3.63) is 59.1 Å². The van der Waals surface area contributed by atoms with Gasteiger partial charge in [-0.3, -0.25) is 4.79 Å². The van der Waals surface area contributed by atoms with Crippen LogP contribution in [0.2, 0.25) is 10.0 Å². The quantitative estimate of drug-likeness (QED) is 0.312. The third-order valence-electron chi connectivity index (χ3n) is 6.77. The van der Waals surface area contributed by atoms with E-state index in [1.54, 1.807) is 7.11 Å². The van der Waals surface area contributed by atoms with Crippen LogP contribution in [0.15, 0.2) is 43.2 Å². The minimum absolute atomic E-state index is 0.00151. The molecule has 2 bridgehead atoms. The SMILES string of the molecule is C=CC(=O)N1C2CC[C@@H]1C[C@@H](Nc1cc3c(Nc4ccc(Cl)c(Cl)c4F)ncnc3cc1OC)C2. The van der Waals surface area contributed by atoms with Crippen molar-refractivity contribution in [1.82, 2.24) is 14.9 Å². The van der Waals surface area contributed by atoms with Crippen molar-refractivity contribution in [2.75, 3.05) is 17.7 Å². The molecule has 2 fully saturated rings. The molecule has 7 nitrogen and oxygen atoms in total. The van der Waals surface area contributed by atoms with Crippen LogP contribution in [-0.4, -0.2) is 46.0 Å². The second-order valence-corrected chi connectivity index (χ2v) is 9.57. The van der Waals surface area contributed by atoms with Crippen LogP contribution in [-0.2, 0) is 4.79 Å². The van der Waals surface area contributed by atoms with Crippen LogP contribution in [0.1, 0.15) is 25.7 Å². The summed E-state index contributed by atoms with van der Waals surface area (Å²) in [5.41, 5.74) is 1.57.